The molecule has 0 fully saturated rings. The van der Waals surface area contributed by atoms with Crippen LogP contribution >= 0.6 is 0 Å². The van der Waals surface area contributed by atoms with Gasteiger partial charge in [0, 0.05) is 22.1 Å². The highest BCUT2D eigenvalue weighted by Crippen LogP contribution is 2.39. The second kappa shape index (κ2) is 8.38. The predicted octanol–water partition coefficient (Wildman–Crippen LogP) is -0.151. The van der Waals surface area contributed by atoms with Crippen LogP contribution in [0.2, 0.25) is 0 Å². The number of aliphatic hydroxyl groups excluding tert-OH is 1. The molecule has 0 spiro atoms. The van der Waals surface area contributed by atoms with E-state index < -0.39 is 30.1 Å². The van der Waals surface area contributed by atoms with Gasteiger partial charge in [-0.2, -0.15) is 5.10 Å². The number of nitrogens with zero attached hydrogens (tertiary/aromatic N) is 3. The number of amides is 1. The van der Waals surface area contributed by atoms with Crippen molar-refractivity contribution >= 4 is 29.0 Å². The molecule has 1 unspecified atom stereocenters. The Labute approximate surface area is 198 Å². The molecule has 2 aliphatic heterocycles. The number of rotatable bonds is 5. The van der Waals surface area contributed by atoms with E-state index in [0.29, 0.717) is 28.0 Å². The minimum absolute atomic E-state index is 0.0489. The Balaban J connectivity index is 1.69. The van der Waals surface area contributed by atoms with Crippen LogP contribution in [0.1, 0.15) is 35.6 Å². The third-order valence-corrected chi connectivity index (χ3v) is 6.54. The summed E-state index contributed by atoms with van der Waals surface area (Å²) < 4.78 is 6.64. The maximum atomic E-state index is 13.4. The molecule has 2 atom stereocenters. The van der Waals surface area contributed by atoms with Gasteiger partial charge in [0.1, 0.15) is 12.6 Å². The first kappa shape index (κ1) is 22.8. The number of para-hydroxylation sites is 1. The predicted molar refractivity (Wildman–Crippen MR) is 125 cm³/mol. The van der Waals surface area contributed by atoms with Crippen molar-refractivity contribution in [1.82, 2.24) is 15.0 Å². The molecule has 35 heavy (non-hydrogen) atoms. The zero-order valence-electron chi connectivity index (χ0n) is 18.8. The number of pyridine rings is 2. The summed E-state index contributed by atoms with van der Waals surface area (Å²) in [6, 6.07) is 7.85. The van der Waals surface area contributed by atoms with Gasteiger partial charge in [0.15, 0.2) is 5.60 Å². The van der Waals surface area contributed by atoms with Crippen molar-refractivity contribution < 1.29 is 24.5 Å². The highest BCUT2D eigenvalue weighted by molar-refractivity contribution is 6.02. The number of hydrogen-bond acceptors (Lipinski definition) is 9. The van der Waals surface area contributed by atoms with E-state index in [1.807, 2.05) is 24.3 Å². The molecule has 2 aliphatic rings. The Kier molecular flexibility index (Phi) is 5.47. The van der Waals surface area contributed by atoms with Gasteiger partial charge in [-0.3, -0.25) is 9.59 Å². The summed E-state index contributed by atoms with van der Waals surface area (Å²) in [5, 5.41) is 24.8. The number of carbonyl (C=O) groups is 2. The molecule has 0 aliphatic carbocycles. The second-order valence-corrected chi connectivity index (χ2v) is 8.50. The normalized spacial score (nSPS) is 19.3. The average Bonchev–Trinajstić information content (AvgIpc) is 3.24. The van der Waals surface area contributed by atoms with E-state index in [1.165, 1.54) is 10.8 Å². The Bertz CT molecular complexity index is 1480. The molecule has 0 bridgehead atoms. The molecule has 5 rings (SSSR count). The van der Waals surface area contributed by atoms with Gasteiger partial charge in [0.05, 0.1) is 41.8 Å². The number of aromatic nitrogens is 2. The van der Waals surface area contributed by atoms with E-state index in [9.17, 15) is 19.5 Å². The molecule has 3 aromatic rings. The van der Waals surface area contributed by atoms with Crippen molar-refractivity contribution in [3.8, 4) is 11.4 Å². The summed E-state index contributed by atoms with van der Waals surface area (Å²) in [5.74, 6) is -1.43. The molecule has 0 saturated carbocycles. The number of cyclic esters (lactones) is 1. The topological polar surface area (TPSA) is 169 Å². The lowest BCUT2D eigenvalue weighted by Crippen LogP contribution is -2.44. The van der Waals surface area contributed by atoms with E-state index in [2.05, 4.69) is 10.5 Å². The molecule has 2 aromatic heterocycles. The number of nitrogens with two attached hydrogens (primary N) is 1. The largest absolute Gasteiger partial charge is 0.458 e. The minimum Gasteiger partial charge on any atom is -0.458 e. The molecule has 5 N–H and O–H groups in total. The van der Waals surface area contributed by atoms with E-state index >= 15 is 0 Å². The van der Waals surface area contributed by atoms with Crippen molar-refractivity contribution in [2.24, 2.45) is 10.8 Å². The Morgan fingerprint density at radius 1 is 1.37 bits per heavy atom. The highest BCUT2D eigenvalue weighted by atomic mass is 16.6. The fraction of sp³-hybridized carbons (Fsp3) is 0.292. The van der Waals surface area contributed by atoms with Gasteiger partial charge in [0.25, 0.3) is 11.5 Å². The second-order valence-electron chi connectivity index (χ2n) is 8.50. The maximum Gasteiger partial charge on any atom is 0.343 e. The third kappa shape index (κ3) is 3.43. The van der Waals surface area contributed by atoms with E-state index in [1.54, 1.807) is 13.0 Å². The lowest BCUT2D eigenvalue weighted by atomic mass is 9.86. The van der Waals surface area contributed by atoms with Crippen molar-refractivity contribution in [2.75, 3.05) is 6.61 Å². The Morgan fingerprint density at radius 3 is 2.89 bits per heavy atom. The summed E-state index contributed by atoms with van der Waals surface area (Å²) in [6.07, 6.45) is 1.50. The third-order valence-electron chi connectivity index (χ3n) is 6.54. The van der Waals surface area contributed by atoms with E-state index in [-0.39, 0.29) is 36.3 Å². The van der Waals surface area contributed by atoms with Gasteiger partial charge < -0.3 is 25.3 Å². The van der Waals surface area contributed by atoms with Crippen molar-refractivity contribution in [3.63, 3.8) is 0 Å². The zero-order valence-corrected chi connectivity index (χ0v) is 18.8. The monoisotopic (exact) mass is 477 g/mol. The summed E-state index contributed by atoms with van der Waals surface area (Å²) >= 11 is 0. The van der Waals surface area contributed by atoms with Gasteiger partial charge in [-0.05, 0) is 18.6 Å². The first-order valence-electron chi connectivity index (χ1n) is 11.1. The number of esters is 1. The fourth-order valence-electron chi connectivity index (χ4n) is 4.53. The van der Waals surface area contributed by atoms with Crippen LogP contribution in [0.4, 0.5) is 0 Å². The maximum absolute atomic E-state index is 13.4. The number of benzene rings is 1. The van der Waals surface area contributed by atoms with Gasteiger partial charge in [-0.25, -0.2) is 15.2 Å². The summed E-state index contributed by atoms with van der Waals surface area (Å²) in [6.45, 7) is 1.09. The quantitative estimate of drug-likeness (QED) is 0.175. The molecule has 0 radical (unpaired) electrons. The fourth-order valence-corrected chi connectivity index (χ4v) is 4.53. The van der Waals surface area contributed by atoms with E-state index in [0.717, 1.165) is 5.39 Å². The van der Waals surface area contributed by atoms with Crippen LogP contribution in [-0.4, -0.2) is 50.5 Å². The van der Waals surface area contributed by atoms with Crippen LogP contribution in [0.5, 0.6) is 0 Å². The van der Waals surface area contributed by atoms with Crippen LogP contribution in [-0.2, 0) is 33.1 Å². The van der Waals surface area contributed by atoms with Gasteiger partial charge in [-0.1, -0.05) is 25.1 Å². The first-order chi connectivity index (χ1) is 16.8. The molecule has 11 nitrogen and oxygen atoms in total. The van der Waals surface area contributed by atoms with Gasteiger partial charge in [-0.15, -0.1) is 0 Å². The van der Waals surface area contributed by atoms with Crippen LogP contribution in [0, 0.1) is 0 Å². The molecule has 11 heteroatoms. The highest BCUT2D eigenvalue weighted by Gasteiger charge is 2.45. The molecular formula is C24H23N5O6. The zero-order chi connectivity index (χ0) is 24.9. The van der Waals surface area contributed by atoms with Crippen molar-refractivity contribution in [3.05, 3.63) is 62.9 Å². The molecule has 1 amide bonds. The standard InChI is InChI=1S/C24H23N5O6/c1-2-24(34)16-7-19-20-14(9-29(19)22(32)15(16)11-35-23(24)33)13(8-26-28-21(31)17(25)10-30)12-5-3-4-6-18(12)27-20/h3-8,17,30,34H,2,9-11,25H2,1H3,(H,28,31)/b26-8-/t17?,24-/m0/s1. The molecular weight excluding hydrogens is 454 g/mol. The van der Waals surface area contributed by atoms with Crippen molar-refractivity contribution in [1.29, 1.82) is 0 Å². The Morgan fingerprint density at radius 2 is 2.14 bits per heavy atom. The smallest absolute Gasteiger partial charge is 0.343 e. The van der Waals surface area contributed by atoms with Crippen molar-refractivity contribution in [2.45, 2.75) is 38.1 Å². The van der Waals surface area contributed by atoms with Crippen LogP contribution < -0.4 is 16.7 Å². The molecule has 1 aromatic carbocycles. The van der Waals surface area contributed by atoms with E-state index in [4.69, 9.17) is 20.6 Å². The molecule has 4 heterocycles. The molecule has 0 saturated heterocycles. The Hall–Kier alpha value is -3.93. The number of hydrazone groups is 1. The van der Waals surface area contributed by atoms with Gasteiger partial charge in [0.2, 0.25) is 0 Å². The summed E-state index contributed by atoms with van der Waals surface area (Å²) in [7, 11) is 0. The lowest BCUT2D eigenvalue weighted by Gasteiger charge is -2.31. The minimum atomic E-state index is -1.91. The lowest BCUT2D eigenvalue weighted by molar-refractivity contribution is -0.172. The first-order valence-corrected chi connectivity index (χ1v) is 11.1. The number of fused-ring (bicyclic) bond motifs is 5. The summed E-state index contributed by atoms with van der Waals surface area (Å²) in [4.78, 5) is 42.5. The number of carbonyl (C=O) groups excluding carboxylic acids is 2. The number of ether oxygens (including phenoxy) is 1. The summed E-state index contributed by atoms with van der Waals surface area (Å²) in [5.41, 5.74) is 8.96. The number of aliphatic hydroxyl groups is 2. The van der Waals surface area contributed by atoms with Crippen LogP contribution in [0.3, 0.4) is 0 Å². The SMILES string of the molecule is CC[C@@]1(O)C(=O)OCc2c1cc1n(c2=O)Cc2c-1nc1ccccc1c2/C=N\NC(=O)C(N)CO. The van der Waals surface area contributed by atoms with Crippen LogP contribution in [0.15, 0.2) is 40.2 Å². The van der Waals surface area contributed by atoms with Crippen LogP contribution in [0.25, 0.3) is 22.3 Å². The molecule has 180 valence electrons. The number of nitrogens with one attached hydrogen (secondary N) is 1. The number of hydrogen-bond donors (Lipinski definition) is 4. The van der Waals surface area contributed by atoms with Gasteiger partial charge >= 0.3 is 5.97 Å². The average molecular weight is 477 g/mol.